The monoisotopic (exact) mass is 351 g/mol. The number of hydrogen-bond acceptors (Lipinski definition) is 2. The number of aryl methyl sites for hydroxylation is 2. The molecule has 0 aliphatic carbocycles. The zero-order chi connectivity index (χ0) is 17.9. The van der Waals surface area contributed by atoms with Crippen LogP contribution in [-0.2, 0) is 16.6 Å². The minimum Gasteiger partial charge on any atom is -0.262 e. The van der Waals surface area contributed by atoms with Crippen LogP contribution in [0, 0.1) is 13.8 Å². The van der Waals surface area contributed by atoms with E-state index < -0.39 is 10.0 Å². The molecule has 0 bridgehead atoms. The van der Waals surface area contributed by atoms with Crippen molar-refractivity contribution in [3.8, 4) is 0 Å². The largest absolute Gasteiger partial charge is 0.264 e. The Morgan fingerprint density at radius 3 is 2.00 bits per heavy atom. The number of hydrogen-bond donors (Lipinski definition) is 0. The van der Waals surface area contributed by atoms with Crippen LogP contribution in [0.15, 0.2) is 83.8 Å². The van der Waals surface area contributed by atoms with Crippen molar-refractivity contribution in [1.82, 2.24) is 0 Å². The van der Waals surface area contributed by atoms with E-state index in [2.05, 4.69) is 0 Å². The SMILES string of the molecule is Cc1ccc(S(=O)(=O)N(Cc2ccccc2)c2ccccc2C)cc1. The Balaban J connectivity index is 2.10. The van der Waals surface area contributed by atoms with Crippen molar-refractivity contribution in [2.75, 3.05) is 4.31 Å². The fourth-order valence-electron chi connectivity index (χ4n) is 2.73. The molecule has 3 aromatic carbocycles. The van der Waals surface area contributed by atoms with Gasteiger partial charge in [-0.15, -0.1) is 0 Å². The summed E-state index contributed by atoms with van der Waals surface area (Å²) >= 11 is 0. The summed E-state index contributed by atoms with van der Waals surface area (Å²) in [6.07, 6.45) is 0. The molecule has 128 valence electrons. The van der Waals surface area contributed by atoms with Gasteiger partial charge in [0.05, 0.1) is 17.1 Å². The molecule has 25 heavy (non-hydrogen) atoms. The molecule has 0 amide bonds. The summed E-state index contributed by atoms with van der Waals surface area (Å²) in [6, 6.07) is 24.2. The molecule has 0 heterocycles. The number of nitrogens with zero attached hydrogens (tertiary/aromatic N) is 1. The first-order chi connectivity index (χ1) is 12.0. The summed E-state index contributed by atoms with van der Waals surface area (Å²) < 4.78 is 28.1. The van der Waals surface area contributed by atoms with Gasteiger partial charge in [0, 0.05) is 0 Å². The standard InChI is InChI=1S/C21H21NO2S/c1-17-12-14-20(15-13-17)25(23,24)22(16-19-9-4-3-5-10-19)21-11-7-6-8-18(21)2/h3-15H,16H2,1-2H3. The van der Waals surface area contributed by atoms with Crippen LogP contribution >= 0.6 is 0 Å². The van der Waals surface area contributed by atoms with Crippen molar-refractivity contribution >= 4 is 15.7 Å². The second-order valence-electron chi connectivity index (χ2n) is 6.10. The number of sulfonamides is 1. The van der Waals surface area contributed by atoms with Gasteiger partial charge in [0.25, 0.3) is 10.0 Å². The minimum atomic E-state index is -3.66. The Bertz CT molecular complexity index is 949. The van der Waals surface area contributed by atoms with Gasteiger partial charge in [-0.1, -0.05) is 66.2 Å². The maximum Gasteiger partial charge on any atom is 0.264 e. The molecule has 4 heteroatoms. The van der Waals surface area contributed by atoms with Crippen molar-refractivity contribution in [2.45, 2.75) is 25.3 Å². The molecule has 0 atom stereocenters. The van der Waals surface area contributed by atoms with E-state index in [4.69, 9.17) is 0 Å². The van der Waals surface area contributed by atoms with Crippen molar-refractivity contribution in [3.05, 3.63) is 95.6 Å². The summed E-state index contributed by atoms with van der Waals surface area (Å²) in [5.41, 5.74) is 3.60. The van der Waals surface area contributed by atoms with Gasteiger partial charge >= 0.3 is 0 Å². The lowest BCUT2D eigenvalue weighted by Gasteiger charge is -2.26. The smallest absolute Gasteiger partial charge is 0.262 e. The van der Waals surface area contributed by atoms with Crippen LogP contribution in [0.5, 0.6) is 0 Å². The highest BCUT2D eigenvalue weighted by atomic mass is 32.2. The second kappa shape index (κ2) is 7.11. The maximum atomic E-state index is 13.3. The topological polar surface area (TPSA) is 37.4 Å². The molecule has 0 aromatic heterocycles. The lowest BCUT2D eigenvalue weighted by molar-refractivity contribution is 0.590. The molecule has 3 aromatic rings. The van der Waals surface area contributed by atoms with Crippen LogP contribution in [0.4, 0.5) is 5.69 Å². The van der Waals surface area contributed by atoms with E-state index in [-0.39, 0.29) is 0 Å². The first kappa shape index (κ1) is 17.2. The molecule has 0 spiro atoms. The lowest BCUT2D eigenvalue weighted by atomic mass is 10.2. The van der Waals surface area contributed by atoms with Gasteiger partial charge in [-0.2, -0.15) is 0 Å². The highest BCUT2D eigenvalue weighted by Crippen LogP contribution is 2.28. The van der Waals surface area contributed by atoms with Crippen molar-refractivity contribution < 1.29 is 8.42 Å². The molecule has 0 saturated heterocycles. The quantitative estimate of drug-likeness (QED) is 0.668. The summed E-state index contributed by atoms with van der Waals surface area (Å²) in [5.74, 6) is 0. The van der Waals surface area contributed by atoms with Crippen molar-refractivity contribution in [3.63, 3.8) is 0 Å². The van der Waals surface area contributed by atoms with Crippen molar-refractivity contribution in [2.24, 2.45) is 0 Å². The molecule has 0 N–H and O–H groups in total. The molecular formula is C21H21NO2S. The lowest BCUT2D eigenvalue weighted by Crippen LogP contribution is -2.31. The molecule has 0 aliphatic rings. The van der Waals surface area contributed by atoms with E-state index in [0.717, 1.165) is 16.7 Å². The van der Waals surface area contributed by atoms with E-state index in [1.165, 1.54) is 4.31 Å². The fraction of sp³-hybridized carbons (Fsp3) is 0.143. The predicted octanol–water partition coefficient (Wildman–Crippen LogP) is 4.70. The van der Waals surface area contributed by atoms with Gasteiger partial charge in [0.15, 0.2) is 0 Å². The van der Waals surface area contributed by atoms with Crippen molar-refractivity contribution in [1.29, 1.82) is 0 Å². The maximum absolute atomic E-state index is 13.3. The predicted molar refractivity (Wildman–Crippen MR) is 102 cm³/mol. The third kappa shape index (κ3) is 3.74. The van der Waals surface area contributed by atoms with E-state index in [1.807, 2.05) is 80.6 Å². The van der Waals surface area contributed by atoms with Crippen LogP contribution in [0.2, 0.25) is 0 Å². The third-order valence-electron chi connectivity index (χ3n) is 4.16. The fourth-order valence-corrected chi connectivity index (χ4v) is 4.25. The molecule has 0 radical (unpaired) electrons. The zero-order valence-electron chi connectivity index (χ0n) is 14.4. The highest BCUT2D eigenvalue weighted by Gasteiger charge is 2.26. The van der Waals surface area contributed by atoms with Crippen LogP contribution < -0.4 is 4.31 Å². The number of rotatable bonds is 5. The number of para-hydroxylation sites is 1. The first-order valence-corrected chi connectivity index (χ1v) is 9.61. The Kier molecular flexibility index (Phi) is 4.91. The normalized spacial score (nSPS) is 11.3. The van der Waals surface area contributed by atoms with Crippen LogP contribution in [0.25, 0.3) is 0 Å². The Morgan fingerprint density at radius 1 is 0.760 bits per heavy atom. The van der Waals surface area contributed by atoms with Gasteiger partial charge < -0.3 is 0 Å². The average Bonchev–Trinajstić information content (AvgIpc) is 2.62. The van der Waals surface area contributed by atoms with Gasteiger partial charge in [-0.25, -0.2) is 8.42 Å². The molecule has 0 fully saturated rings. The molecule has 0 aliphatic heterocycles. The molecule has 3 rings (SSSR count). The first-order valence-electron chi connectivity index (χ1n) is 8.17. The molecule has 0 unspecified atom stereocenters. The Labute approximate surface area is 149 Å². The molecular weight excluding hydrogens is 330 g/mol. The zero-order valence-corrected chi connectivity index (χ0v) is 15.2. The minimum absolute atomic E-state index is 0.294. The summed E-state index contributed by atoms with van der Waals surface area (Å²) in [5, 5.41) is 0. The van der Waals surface area contributed by atoms with E-state index >= 15 is 0 Å². The van der Waals surface area contributed by atoms with E-state index in [9.17, 15) is 8.42 Å². The second-order valence-corrected chi connectivity index (χ2v) is 7.96. The summed E-state index contributed by atoms with van der Waals surface area (Å²) in [4.78, 5) is 0.303. The average molecular weight is 351 g/mol. The Morgan fingerprint density at radius 2 is 1.36 bits per heavy atom. The van der Waals surface area contributed by atoms with E-state index in [1.54, 1.807) is 12.1 Å². The molecule has 0 saturated carbocycles. The Hall–Kier alpha value is -2.59. The highest BCUT2D eigenvalue weighted by molar-refractivity contribution is 7.92. The summed E-state index contributed by atoms with van der Waals surface area (Å²) in [6.45, 7) is 4.17. The van der Waals surface area contributed by atoms with E-state index in [0.29, 0.717) is 17.1 Å². The van der Waals surface area contributed by atoms with Crippen LogP contribution in [0.1, 0.15) is 16.7 Å². The van der Waals surface area contributed by atoms with Gasteiger partial charge in [0.2, 0.25) is 0 Å². The van der Waals surface area contributed by atoms with Crippen LogP contribution in [0.3, 0.4) is 0 Å². The van der Waals surface area contributed by atoms with Crippen LogP contribution in [-0.4, -0.2) is 8.42 Å². The van der Waals surface area contributed by atoms with Gasteiger partial charge in [-0.3, -0.25) is 4.31 Å². The summed E-state index contributed by atoms with van der Waals surface area (Å²) in [7, 11) is -3.66. The number of anilines is 1. The molecule has 3 nitrogen and oxygen atoms in total. The third-order valence-corrected chi connectivity index (χ3v) is 5.94. The van der Waals surface area contributed by atoms with Gasteiger partial charge in [0.1, 0.15) is 0 Å². The van der Waals surface area contributed by atoms with Gasteiger partial charge in [-0.05, 0) is 43.2 Å². The number of benzene rings is 3.